The molecule has 0 radical (unpaired) electrons. The third kappa shape index (κ3) is 4.42. The Bertz CT molecular complexity index is 1510. The van der Waals surface area contributed by atoms with E-state index in [1.807, 2.05) is 18.3 Å². The summed E-state index contributed by atoms with van der Waals surface area (Å²) < 4.78 is 0. The van der Waals surface area contributed by atoms with Crippen molar-refractivity contribution < 1.29 is 0 Å². The molecule has 172 valence electrons. The molecule has 35 heavy (non-hydrogen) atoms. The molecule has 0 amide bonds. The Morgan fingerprint density at radius 1 is 1.09 bits per heavy atom. The molecule has 0 spiro atoms. The van der Waals surface area contributed by atoms with Crippen LogP contribution in [-0.4, -0.2) is 4.98 Å². The fourth-order valence-corrected chi connectivity index (χ4v) is 5.27. The van der Waals surface area contributed by atoms with E-state index in [4.69, 9.17) is 0 Å². The van der Waals surface area contributed by atoms with Crippen molar-refractivity contribution >= 4 is 18.7 Å². The van der Waals surface area contributed by atoms with E-state index in [0.29, 0.717) is 11.8 Å². The van der Waals surface area contributed by atoms with E-state index in [-0.39, 0.29) is 0 Å². The van der Waals surface area contributed by atoms with Crippen LogP contribution in [0.15, 0.2) is 109 Å². The van der Waals surface area contributed by atoms with Gasteiger partial charge in [-0.3, -0.25) is 4.98 Å². The van der Waals surface area contributed by atoms with Crippen molar-refractivity contribution in [2.75, 3.05) is 0 Å². The molecule has 0 aliphatic heterocycles. The maximum atomic E-state index is 4.65. The van der Waals surface area contributed by atoms with Crippen LogP contribution in [0.25, 0.3) is 30.0 Å². The molecule has 2 aliphatic rings. The molecule has 1 heterocycles. The van der Waals surface area contributed by atoms with Gasteiger partial charge in [-0.15, -0.1) is 0 Å². The summed E-state index contributed by atoms with van der Waals surface area (Å²) in [7, 11) is 0. The van der Waals surface area contributed by atoms with Crippen LogP contribution in [-0.2, 0) is 6.42 Å². The number of rotatable bonds is 5. The SMILES string of the molecule is C=C/C=C\c1cc/c(=C/C=C(\C)C2=CC3c4c(cccc4-c4ccccn4)CC3C=C2)c(=C)c1C. The highest BCUT2D eigenvalue weighted by molar-refractivity contribution is 5.69. The summed E-state index contributed by atoms with van der Waals surface area (Å²) in [5.74, 6) is 0.897. The lowest BCUT2D eigenvalue weighted by Gasteiger charge is -2.22. The average molecular weight is 454 g/mol. The quantitative estimate of drug-likeness (QED) is 0.385. The van der Waals surface area contributed by atoms with Crippen molar-refractivity contribution in [2.45, 2.75) is 26.2 Å². The Morgan fingerprint density at radius 3 is 2.77 bits per heavy atom. The fraction of sp³-hybridized carbons (Fsp3) is 0.147. The van der Waals surface area contributed by atoms with Crippen molar-refractivity contribution in [2.24, 2.45) is 5.92 Å². The van der Waals surface area contributed by atoms with E-state index in [0.717, 1.165) is 22.6 Å². The Labute approximate surface area is 208 Å². The van der Waals surface area contributed by atoms with Gasteiger partial charge in [-0.05, 0) is 82.2 Å². The zero-order chi connectivity index (χ0) is 24.4. The Morgan fingerprint density at radius 2 is 1.97 bits per heavy atom. The molecule has 0 bridgehead atoms. The first kappa shape index (κ1) is 22.8. The van der Waals surface area contributed by atoms with Crippen molar-refractivity contribution in [1.29, 1.82) is 0 Å². The predicted molar refractivity (Wildman–Crippen MR) is 150 cm³/mol. The maximum absolute atomic E-state index is 4.65. The molecule has 0 fully saturated rings. The number of fused-ring (bicyclic) bond motifs is 3. The van der Waals surface area contributed by atoms with Crippen molar-refractivity contribution in [1.82, 2.24) is 4.98 Å². The molecule has 0 N–H and O–H groups in total. The van der Waals surface area contributed by atoms with Gasteiger partial charge in [0.1, 0.15) is 0 Å². The second kappa shape index (κ2) is 9.72. The summed E-state index contributed by atoms with van der Waals surface area (Å²) in [6.45, 7) is 12.4. The van der Waals surface area contributed by atoms with Crippen LogP contribution >= 0.6 is 0 Å². The Balaban J connectivity index is 1.49. The molecule has 0 saturated heterocycles. The Kier molecular flexibility index (Phi) is 6.33. The lowest BCUT2D eigenvalue weighted by molar-refractivity contribution is 0.627. The molecular formula is C34H31N. The van der Waals surface area contributed by atoms with Crippen molar-refractivity contribution in [3.05, 3.63) is 142 Å². The number of benzene rings is 2. The summed E-state index contributed by atoms with van der Waals surface area (Å²) >= 11 is 0. The van der Waals surface area contributed by atoms with Gasteiger partial charge in [-0.25, -0.2) is 0 Å². The minimum atomic E-state index is 0.383. The molecule has 1 heteroatoms. The molecule has 1 aromatic heterocycles. The van der Waals surface area contributed by atoms with Gasteiger partial charge in [0, 0.05) is 17.7 Å². The van der Waals surface area contributed by atoms with Crippen LogP contribution in [0, 0.1) is 12.8 Å². The summed E-state index contributed by atoms with van der Waals surface area (Å²) in [5.41, 5.74) is 10.1. The fourth-order valence-electron chi connectivity index (χ4n) is 5.27. The van der Waals surface area contributed by atoms with Gasteiger partial charge in [0.05, 0.1) is 5.69 Å². The number of hydrogen-bond donors (Lipinski definition) is 0. The van der Waals surface area contributed by atoms with Crippen LogP contribution in [0.4, 0.5) is 0 Å². The minimum Gasteiger partial charge on any atom is -0.256 e. The van der Waals surface area contributed by atoms with E-state index >= 15 is 0 Å². The first-order chi connectivity index (χ1) is 17.1. The second-order valence-corrected chi connectivity index (χ2v) is 9.43. The molecule has 0 saturated carbocycles. The van der Waals surface area contributed by atoms with Crippen LogP contribution in [0.5, 0.6) is 0 Å². The topological polar surface area (TPSA) is 12.9 Å². The number of nitrogens with zero attached hydrogens (tertiary/aromatic N) is 1. The predicted octanol–water partition coefficient (Wildman–Crippen LogP) is 6.85. The first-order valence-corrected chi connectivity index (χ1v) is 12.3. The van der Waals surface area contributed by atoms with E-state index in [9.17, 15) is 0 Å². The van der Waals surface area contributed by atoms with Crippen molar-refractivity contribution in [3.63, 3.8) is 0 Å². The van der Waals surface area contributed by atoms with Gasteiger partial charge < -0.3 is 0 Å². The van der Waals surface area contributed by atoms with E-state index in [2.05, 4.69) is 111 Å². The van der Waals surface area contributed by atoms with Gasteiger partial charge in [-0.1, -0.05) is 98.2 Å². The third-order valence-electron chi connectivity index (χ3n) is 7.33. The van der Waals surface area contributed by atoms with E-state index in [1.165, 1.54) is 39.0 Å². The van der Waals surface area contributed by atoms with Crippen LogP contribution in [0.2, 0.25) is 0 Å². The van der Waals surface area contributed by atoms with Gasteiger partial charge in [0.15, 0.2) is 0 Å². The summed E-state index contributed by atoms with van der Waals surface area (Å²) in [4.78, 5) is 4.65. The van der Waals surface area contributed by atoms with Crippen LogP contribution in [0.3, 0.4) is 0 Å². The molecule has 2 atom stereocenters. The molecular weight excluding hydrogens is 422 g/mol. The van der Waals surface area contributed by atoms with Gasteiger partial charge >= 0.3 is 0 Å². The lowest BCUT2D eigenvalue weighted by Crippen LogP contribution is -2.26. The van der Waals surface area contributed by atoms with Crippen LogP contribution in [0.1, 0.15) is 35.1 Å². The molecule has 1 nitrogen and oxygen atoms in total. The first-order valence-electron chi connectivity index (χ1n) is 12.3. The number of aromatic nitrogens is 1. The van der Waals surface area contributed by atoms with Crippen LogP contribution < -0.4 is 10.4 Å². The smallest absolute Gasteiger partial charge is 0.0705 e. The highest BCUT2D eigenvalue weighted by Gasteiger charge is 2.33. The number of hydrogen-bond acceptors (Lipinski definition) is 1. The highest BCUT2D eigenvalue weighted by Crippen LogP contribution is 2.47. The summed E-state index contributed by atoms with van der Waals surface area (Å²) in [6, 6.07) is 17.1. The molecule has 2 aliphatic carbocycles. The number of allylic oxidation sites excluding steroid dienone is 8. The molecule has 2 aromatic carbocycles. The normalized spacial score (nSPS) is 19.5. The zero-order valence-electron chi connectivity index (χ0n) is 20.5. The molecule has 2 unspecified atom stereocenters. The Hall–Kier alpha value is -3.97. The van der Waals surface area contributed by atoms with E-state index in [1.54, 1.807) is 6.08 Å². The summed E-state index contributed by atoms with van der Waals surface area (Å²) in [5, 5.41) is 2.22. The van der Waals surface area contributed by atoms with Gasteiger partial charge in [0.2, 0.25) is 0 Å². The second-order valence-electron chi connectivity index (χ2n) is 9.43. The largest absolute Gasteiger partial charge is 0.256 e. The molecule has 5 rings (SSSR count). The maximum Gasteiger partial charge on any atom is 0.0705 e. The zero-order valence-corrected chi connectivity index (χ0v) is 20.5. The standard InChI is InChI=1S/C34H31N/c1-5-6-10-26-16-17-27(25(4)24(26)3)15-14-23(2)28-18-19-29-21-30-11-9-12-31(34(30)32(29)22-28)33-13-7-8-20-35-33/h5-20,22,29,32H,1,4,21H2,2-3H3/b10-6-,23-14+,27-15-. The highest BCUT2D eigenvalue weighted by atomic mass is 14.7. The van der Waals surface area contributed by atoms with Gasteiger partial charge in [-0.2, -0.15) is 0 Å². The van der Waals surface area contributed by atoms with Crippen molar-refractivity contribution in [3.8, 4) is 11.3 Å². The lowest BCUT2D eigenvalue weighted by atomic mass is 9.82. The minimum absolute atomic E-state index is 0.383. The molecule has 3 aromatic rings. The van der Waals surface area contributed by atoms with E-state index < -0.39 is 0 Å². The average Bonchev–Trinajstić information content (AvgIpc) is 3.27. The number of pyridine rings is 1. The third-order valence-corrected chi connectivity index (χ3v) is 7.33. The van der Waals surface area contributed by atoms with Gasteiger partial charge in [0.25, 0.3) is 0 Å². The monoisotopic (exact) mass is 453 g/mol. The summed E-state index contributed by atoms with van der Waals surface area (Å²) in [6.07, 6.45) is 20.4.